The van der Waals surface area contributed by atoms with Crippen LogP contribution in [0.2, 0.25) is 0 Å². The Bertz CT molecular complexity index is 601. The highest BCUT2D eigenvalue weighted by Crippen LogP contribution is 2.21. The summed E-state index contributed by atoms with van der Waals surface area (Å²) in [6.07, 6.45) is 0.724. The van der Waals surface area contributed by atoms with E-state index >= 15 is 0 Å². The summed E-state index contributed by atoms with van der Waals surface area (Å²) >= 11 is 0. The lowest BCUT2D eigenvalue weighted by molar-refractivity contribution is -0.385. The topological polar surface area (TPSA) is 108 Å². The molecule has 7 nitrogen and oxygen atoms in total. The maximum atomic E-state index is 10.9. The molecule has 0 fully saturated rings. The lowest BCUT2D eigenvalue weighted by atomic mass is 10.0. The number of benzene rings is 1. The highest BCUT2D eigenvalue weighted by Gasteiger charge is 2.18. The molecule has 0 saturated heterocycles. The fourth-order valence-electron chi connectivity index (χ4n) is 1.64. The molecule has 2 rings (SSSR count). The molecule has 1 aliphatic heterocycles. The van der Waals surface area contributed by atoms with Gasteiger partial charge in [0.2, 0.25) is 5.91 Å². The molecule has 90 valence electrons. The summed E-state index contributed by atoms with van der Waals surface area (Å²) in [6, 6.07) is 6.03. The molecule has 0 unspecified atom stereocenters. The van der Waals surface area contributed by atoms with Gasteiger partial charge in [0.05, 0.1) is 10.6 Å². The minimum Gasteiger partial charge on any atom is -0.273 e. The van der Waals surface area contributed by atoms with Crippen molar-refractivity contribution in [1.82, 2.24) is 5.43 Å². The predicted molar refractivity (Wildman–Crippen MR) is 61.7 cm³/mol. The van der Waals surface area contributed by atoms with Crippen molar-refractivity contribution >= 4 is 17.3 Å². The molecule has 0 spiro atoms. The number of nitrogens with zero attached hydrogens (tertiary/aromatic N) is 3. The van der Waals surface area contributed by atoms with Crippen molar-refractivity contribution in [1.29, 1.82) is 5.26 Å². The Morgan fingerprint density at radius 2 is 2.22 bits per heavy atom. The van der Waals surface area contributed by atoms with E-state index in [-0.39, 0.29) is 17.2 Å². The third-order valence-corrected chi connectivity index (χ3v) is 2.55. The highest BCUT2D eigenvalue weighted by molar-refractivity contribution is 6.04. The van der Waals surface area contributed by atoms with Crippen LogP contribution in [0.15, 0.2) is 23.3 Å². The molecule has 0 aliphatic carbocycles. The summed E-state index contributed by atoms with van der Waals surface area (Å²) in [7, 11) is 0. The zero-order chi connectivity index (χ0) is 13.1. The number of hydrazone groups is 1. The summed E-state index contributed by atoms with van der Waals surface area (Å²) in [5.74, 6) is -0.179. The third-order valence-electron chi connectivity index (χ3n) is 2.55. The Labute approximate surface area is 102 Å². The van der Waals surface area contributed by atoms with E-state index in [9.17, 15) is 14.9 Å². The first-order valence-corrected chi connectivity index (χ1v) is 5.16. The average molecular weight is 244 g/mol. The van der Waals surface area contributed by atoms with Crippen LogP contribution in [0.3, 0.4) is 0 Å². The Morgan fingerprint density at radius 1 is 1.44 bits per heavy atom. The van der Waals surface area contributed by atoms with Crippen molar-refractivity contribution in [2.45, 2.75) is 12.8 Å². The van der Waals surface area contributed by atoms with Crippen LogP contribution < -0.4 is 5.43 Å². The Hall–Kier alpha value is -2.75. The molecule has 1 amide bonds. The van der Waals surface area contributed by atoms with Gasteiger partial charge in [-0.2, -0.15) is 10.4 Å². The number of hydrogen-bond donors (Lipinski definition) is 1. The molecule has 1 aliphatic rings. The SMILES string of the molecule is N#Cc1ccc(C2=NNC(=O)CC2)cc1[N+](=O)[O-]. The van der Waals surface area contributed by atoms with Crippen molar-refractivity contribution in [2.75, 3.05) is 0 Å². The second-order valence-electron chi connectivity index (χ2n) is 3.69. The van der Waals surface area contributed by atoms with Crippen LogP contribution in [0.1, 0.15) is 24.0 Å². The van der Waals surface area contributed by atoms with E-state index in [1.54, 1.807) is 12.1 Å². The number of carbonyl (C=O) groups is 1. The summed E-state index contributed by atoms with van der Waals surface area (Å²) in [5.41, 5.74) is 3.18. The van der Waals surface area contributed by atoms with Crippen molar-refractivity contribution in [3.8, 4) is 6.07 Å². The zero-order valence-corrected chi connectivity index (χ0v) is 9.21. The van der Waals surface area contributed by atoms with Gasteiger partial charge < -0.3 is 0 Å². The number of amides is 1. The van der Waals surface area contributed by atoms with Crippen molar-refractivity contribution in [3.05, 3.63) is 39.4 Å². The quantitative estimate of drug-likeness (QED) is 0.620. The maximum absolute atomic E-state index is 10.9. The van der Waals surface area contributed by atoms with Crippen LogP contribution >= 0.6 is 0 Å². The highest BCUT2D eigenvalue weighted by atomic mass is 16.6. The van der Waals surface area contributed by atoms with Gasteiger partial charge in [-0.25, -0.2) is 5.43 Å². The number of carbonyl (C=O) groups excluding carboxylic acids is 1. The van der Waals surface area contributed by atoms with Crippen LogP contribution in [0.4, 0.5) is 5.69 Å². The standard InChI is InChI=1S/C11H8N4O3/c12-6-8-2-1-7(5-10(8)15(17)18)9-3-4-11(16)14-13-9/h1-2,5H,3-4H2,(H,14,16). The predicted octanol–water partition coefficient (Wildman–Crippen LogP) is 1.08. The lowest BCUT2D eigenvalue weighted by Gasteiger charge is -2.11. The van der Waals surface area contributed by atoms with Gasteiger partial charge in [0.15, 0.2) is 0 Å². The van der Waals surface area contributed by atoms with E-state index in [1.165, 1.54) is 12.1 Å². The maximum Gasteiger partial charge on any atom is 0.287 e. The van der Waals surface area contributed by atoms with Crippen LogP contribution in [0, 0.1) is 21.4 Å². The third kappa shape index (κ3) is 2.17. The first kappa shape index (κ1) is 11.7. The Balaban J connectivity index is 2.42. The second kappa shape index (κ2) is 4.63. The fourth-order valence-corrected chi connectivity index (χ4v) is 1.64. The summed E-state index contributed by atoms with van der Waals surface area (Å²) in [4.78, 5) is 21.2. The van der Waals surface area contributed by atoms with E-state index in [1.807, 2.05) is 0 Å². The second-order valence-corrected chi connectivity index (χ2v) is 3.69. The summed E-state index contributed by atoms with van der Waals surface area (Å²) in [6.45, 7) is 0. The average Bonchev–Trinajstić information content (AvgIpc) is 2.39. The van der Waals surface area contributed by atoms with E-state index in [0.717, 1.165) is 0 Å². The lowest BCUT2D eigenvalue weighted by Crippen LogP contribution is -2.25. The van der Waals surface area contributed by atoms with Crippen LogP contribution in [0.5, 0.6) is 0 Å². The number of nitriles is 1. The molecule has 1 heterocycles. The molecule has 1 N–H and O–H groups in total. The smallest absolute Gasteiger partial charge is 0.273 e. The minimum absolute atomic E-state index is 0.00388. The summed E-state index contributed by atoms with van der Waals surface area (Å²) < 4.78 is 0. The molecule has 1 aromatic rings. The number of rotatable bonds is 2. The van der Waals surface area contributed by atoms with Gasteiger partial charge in [0.1, 0.15) is 11.6 Å². The van der Waals surface area contributed by atoms with Gasteiger partial charge in [-0.05, 0) is 6.07 Å². The summed E-state index contributed by atoms with van der Waals surface area (Å²) in [5, 5.41) is 23.4. The van der Waals surface area contributed by atoms with Crippen LogP contribution in [-0.4, -0.2) is 16.5 Å². The normalized spacial score (nSPS) is 14.4. The minimum atomic E-state index is -0.607. The van der Waals surface area contributed by atoms with E-state index in [2.05, 4.69) is 10.5 Å². The van der Waals surface area contributed by atoms with Crippen molar-refractivity contribution < 1.29 is 9.72 Å². The van der Waals surface area contributed by atoms with Gasteiger partial charge in [-0.15, -0.1) is 0 Å². The molecular formula is C11H8N4O3. The molecular weight excluding hydrogens is 236 g/mol. The van der Waals surface area contributed by atoms with E-state index in [0.29, 0.717) is 24.1 Å². The molecule has 0 saturated carbocycles. The number of hydrogen-bond acceptors (Lipinski definition) is 5. The first-order chi connectivity index (χ1) is 8.61. The van der Waals surface area contributed by atoms with Gasteiger partial charge >= 0.3 is 0 Å². The molecule has 0 radical (unpaired) electrons. The van der Waals surface area contributed by atoms with Gasteiger partial charge in [-0.3, -0.25) is 14.9 Å². The largest absolute Gasteiger partial charge is 0.287 e. The monoisotopic (exact) mass is 244 g/mol. The van der Waals surface area contributed by atoms with Crippen molar-refractivity contribution in [2.24, 2.45) is 5.10 Å². The van der Waals surface area contributed by atoms with Gasteiger partial charge in [0, 0.05) is 24.5 Å². The number of nitrogens with one attached hydrogen (secondary N) is 1. The molecule has 0 aromatic heterocycles. The number of nitro groups is 1. The van der Waals surface area contributed by atoms with Crippen molar-refractivity contribution in [3.63, 3.8) is 0 Å². The van der Waals surface area contributed by atoms with Crippen LogP contribution in [0.25, 0.3) is 0 Å². The molecule has 0 bridgehead atoms. The molecule has 0 atom stereocenters. The molecule has 7 heteroatoms. The van der Waals surface area contributed by atoms with E-state index < -0.39 is 4.92 Å². The van der Waals surface area contributed by atoms with E-state index in [4.69, 9.17) is 5.26 Å². The fraction of sp³-hybridized carbons (Fsp3) is 0.182. The van der Waals surface area contributed by atoms with Gasteiger partial charge in [0.25, 0.3) is 5.69 Å². The zero-order valence-electron chi connectivity index (χ0n) is 9.21. The molecule has 18 heavy (non-hydrogen) atoms. The van der Waals surface area contributed by atoms with Gasteiger partial charge in [-0.1, -0.05) is 6.07 Å². The molecule has 1 aromatic carbocycles. The first-order valence-electron chi connectivity index (χ1n) is 5.16. The Morgan fingerprint density at radius 3 is 2.78 bits per heavy atom. The van der Waals surface area contributed by atoms with Crippen LogP contribution in [-0.2, 0) is 4.79 Å². The number of nitro benzene ring substituents is 1. The Kier molecular flexibility index (Phi) is 3.02.